The Bertz CT molecular complexity index is 703. The monoisotopic (exact) mass is 303 g/mol. The van der Waals surface area contributed by atoms with Crippen molar-refractivity contribution in [1.29, 1.82) is 5.26 Å². The molecular formula is C15H17N3O2S. The normalized spacial score (nSPS) is 12.2. The Labute approximate surface area is 127 Å². The van der Waals surface area contributed by atoms with E-state index in [1.54, 1.807) is 6.07 Å². The van der Waals surface area contributed by atoms with Gasteiger partial charge < -0.3 is 9.67 Å². The maximum absolute atomic E-state index is 10.8. The summed E-state index contributed by atoms with van der Waals surface area (Å²) in [4.78, 5) is 15.3. The Morgan fingerprint density at radius 1 is 1.57 bits per heavy atom. The number of rotatable bonds is 6. The van der Waals surface area contributed by atoms with Gasteiger partial charge in [-0.05, 0) is 24.1 Å². The van der Waals surface area contributed by atoms with Crippen LogP contribution in [0.5, 0.6) is 0 Å². The van der Waals surface area contributed by atoms with Gasteiger partial charge in [-0.3, -0.25) is 4.79 Å². The quantitative estimate of drug-likeness (QED) is 0.829. The van der Waals surface area contributed by atoms with Crippen LogP contribution in [0.1, 0.15) is 25.8 Å². The first-order valence-electron chi connectivity index (χ1n) is 6.80. The first-order chi connectivity index (χ1) is 10.0. The number of fused-ring (bicyclic) bond motifs is 1. The molecule has 5 nitrogen and oxygen atoms in total. The van der Waals surface area contributed by atoms with E-state index in [2.05, 4.69) is 24.9 Å². The van der Waals surface area contributed by atoms with Crippen molar-refractivity contribution in [2.75, 3.05) is 5.75 Å². The summed E-state index contributed by atoms with van der Waals surface area (Å²) in [6.45, 7) is 5.03. The second-order valence-electron chi connectivity index (χ2n) is 5.02. The van der Waals surface area contributed by atoms with E-state index in [0.29, 0.717) is 16.6 Å². The topological polar surface area (TPSA) is 78.9 Å². The molecule has 110 valence electrons. The van der Waals surface area contributed by atoms with Crippen LogP contribution in [0.3, 0.4) is 0 Å². The number of carboxylic acid groups (broad SMARTS) is 1. The number of hydrogen-bond acceptors (Lipinski definition) is 4. The highest BCUT2D eigenvalue weighted by atomic mass is 32.2. The highest BCUT2D eigenvalue weighted by Gasteiger charge is 2.15. The SMILES string of the molecule is CCC(C)Cn1c(SCC(=O)O)nc2ccc(C#N)cc21. The molecule has 0 amide bonds. The number of carboxylic acids is 1. The van der Waals surface area contributed by atoms with Gasteiger partial charge in [0.05, 0.1) is 28.4 Å². The van der Waals surface area contributed by atoms with E-state index in [4.69, 9.17) is 10.4 Å². The van der Waals surface area contributed by atoms with Gasteiger partial charge in [0, 0.05) is 6.54 Å². The van der Waals surface area contributed by atoms with E-state index in [1.807, 2.05) is 16.7 Å². The van der Waals surface area contributed by atoms with E-state index < -0.39 is 5.97 Å². The van der Waals surface area contributed by atoms with Gasteiger partial charge in [-0.2, -0.15) is 5.26 Å². The summed E-state index contributed by atoms with van der Waals surface area (Å²) < 4.78 is 2.03. The minimum Gasteiger partial charge on any atom is -0.481 e. The third kappa shape index (κ3) is 3.56. The van der Waals surface area contributed by atoms with Gasteiger partial charge >= 0.3 is 5.97 Å². The first-order valence-corrected chi connectivity index (χ1v) is 7.78. The van der Waals surface area contributed by atoms with Crippen LogP contribution in [0.4, 0.5) is 0 Å². The van der Waals surface area contributed by atoms with Gasteiger partial charge in [-0.25, -0.2) is 4.98 Å². The average molecular weight is 303 g/mol. The van der Waals surface area contributed by atoms with Crippen molar-refractivity contribution in [3.05, 3.63) is 23.8 Å². The van der Waals surface area contributed by atoms with Gasteiger partial charge in [-0.15, -0.1) is 0 Å². The summed E-state index contributed by atoms with van der Waals surface area (Å²) in [5, 5.41) is 18.6. The molecular weight excluding hydrogens is 286 g/mol. The molecule has 6 heteroatoms. The molecule has 0 bridgehead atoms. The summed E-state index contributed by atoms with van der Waals surface area (Å²) >= 11 is 1.22. The zero-order valence-electron chi connectivity index (χ0n) is 12.0. The highest BCUT2D eigenvalue weighted by Crippen LogP contribution is 2.26. The molecule has 1 aromatic heterocycles. The van der Waals surface area contributed by atoms with Crippen LogP contribution >= 0.6 is 11.8 Å². The van der Waals surface area contributed by atoms with Crippen LogP contribution in [0, 0.1) is 17.2 Å². The van der Waals surface area contributed by atoms with Crippen molar-refractivity contribution in [3.63, 3.8) is 0 Å². The van der Waals surface area contributed by atoms with Gasteiger partial charge in [0.1, 0.15) is 0 Å². The fourth-order valence-corrected chi connectivity index (χ4v) is 2.77. The molecule has 1 aromatic carbocycles. The lowest BCUT2D eigenvalue weighted by Gasteiger charge is -2.13. The van der Waals surface area contributed by atoms with Gasteiger partial charge in [0.15, 0.2) is 5.16 Å². The van der Waals surface area contributed by atoms with E-state index in [1.165, 1.54) is 11.8 Å². The zero-order valence-corrected chi connectivity index (χ0v) is 12.9. The molecule has 21 heavy (non-hydrogen) atoms. The third-order valence-electron chi connectivity index (χ3n) is 3.36. The summed E-state index contributed by atoms with van der Waals surface area (Å²) in [5.41, 5.74) is 2.27. The minimum atomic E-state index is -0.861. The van der Waals surface area contributed by atoms with Gasteiger partial charge in [0.2, 0.25) is 0 Å². The predicted molar refractivity (Wildman–Crippen MR) is 82.3 cm³/mol. The average Bonchev–Trinajstić information content (AvgIpc) is 2.82. The number of imidazole rings is 1. The smallest absolute Gasteiger partial charge is 0.313 e. The van der Waals surface area contributed by atoms with Crippen molar-refractivity contribution < 1.29 is 9.90 Å². The molecule has 1 unspecified atom stereocenters. The molecule has 0 aliphatic heterocycles. The molecule has 1 atom stereocenters. The molecule has 0 radical (unpaired) electrons. The molecule has 0 saturated heterocycles. The number of hydrogen-bond donors (Lipinski definition) is 1. The second-order valence-corrected chi connectivity index (χ2v) is 5.96. The maximum atomic E-state index is 10.8. The van der Waals surface area contributed by atoms with Crippen molar-refractivity contribution in [3.8, 4) is 6.07 Å². The Morgan fingerprint density at radius 2 is 2.33 bits per heavy atom. The van der Waals surface area contributed by atoms with Crippen molar-refractivity contribution in [2.45, 2.75) is 32.0 Å². The zero-order chi connectivity index (χ0) is 15.4. The van der Waals surface area contributed by atoms with Gasteiger partial charge in [-0.1, -0.05) is 32.0 Å². The number of nitriles is 1. The molecule has 0 fully saturated rings. The molecule has 2 rings (SSSR count). The fraction of sp³-hybridized carbons (Fsp3) is 0.400. The predicted octanol–water partition coefficient (Wildman–Crippen LogP) is 3.13. The van der Waals surface area contributed by atoms with Crippen LogP contribution in [0.15, 0.2) is 23.4 Å². The number of aromatic nitrogens is 2. The Hall–Kier alpha value is -2.00. The number of nitrogens with zero attached hydrogens (tertiary/aromatic N) is 3. The molecule has 2 aromatic rings. The summed E-state index contributed by atoms with van der Waals surface area (Å²) in [5.74, 6) is -0.424. The second kappa shape index (κ2) is 6.64. The Morgan fingerprint density at radius 3 is 2.95 bits per heavy atom. The number of benzene rings is 1. The number of aliphatic carboxylic acids is 1. The van der Waals surface area contributed by atoms with Crippen molar-refractivity contribution >= 4 is 28.8 Å². The molecule has 0 aliphatic rings. The standard InChI is InChI=1S/C15H17N3O2S/c1-3-10(2)8-18-13-6-11(7-16)4-5-12(13)17-15(18)21-9-14(19)20/h4-6,10H,3,8-9H2,1-2H3,(H,19,20). The molecule has 0 saturated carbocycles. The summed E-state index contributed by atoms with van der Waals surface area (Å²) in [6.07, 6.45) is 1.03. The lowest BCUT2D eigenvalue weighted by atomic mass is 10.1. The minimum absolute atomic E-state index is 0.0189. The van der Waals surface area contributed by atoms with Crippen LogP contribution in [-0.4, -0.2) is 26.4 Å². The lowest BCUT2D eigenvalue weighted by molar-refractivity contribution is -0.133. The van der Waals surface area contributed by atoms with E-state index in [-0.39, 0.29) is 5.75 Å². The van der Waals surface area contributed by atoms with Crippen molar-refractivity contribution in [2.24, 2.45) is 5.92 Å². The van der Waals surface area contributed by atoms with E-state index in [0.717, 1.165) is 24.0 Å². The van der Waals surface area contributed by atoms with Crippen LogP contribution < -0.4 is 0 Å². The number of thioether (sulfide) groups is 1. The Balaban J connectivity index is 2.47. The van der Waals surface area contributed by atoms with Crippen LogP contribution in [0.25, 0.3) is 11.0 Å². The van der Waals surface area contributed by atoms with Crippen molar-refractivity contribution in [1.82, 2.24) is 9.55 Å². The molecule has 1 N–H and O–H groups in total. The fourth-order valence-electron chi connectivity index (χ4n) is 2.02. The highest BCUT2D eigenvalue weighted by molar-refractivity contribution is 7.99. The Kier molecular flexibility index (Phi) is 4.86. The van der Waals surface area contributed by atoms with E-state index in [9.17, 15) is 4.79 Å². The van der Waals surface area contributed by atoms with Gasteiger partial charge in [0.25, 0.3) is 0 Å². The van der Waals surface area contributed by atoms with Crippen LogP contribution in [0.2, 0.25) is 0 Å². The number of carbonyl (C=O) groups is 1. The lowest BCUT2D eigenvalue weighted by Crippen LogP contribution is -2.09. The summed E-state index contributed by atoms with van der Waals surface area (Å²) in [7, 11) is 0. The molecule has 0 aliphatic carbocycles. The first kappa shape index (κ1) is 15.4. The van der Waals surface area contributed by atoms with Crippen LogP contribution in [-0.2, 0) is 11.3 Å². The molecule has 0 spiro atoms. The van der Waals surface area contributed by atoms with E-state index >= 15 is 0 Å². The molecule has 1 heterocycles. The third-order valence-corrected chi connectivity index (χ3v) is 4.32. The summed E-state index contributed by atoms with van der Waals surface area (Å²) in [6, 6.07) is 7.49. The maximum Gasteiger partial charge on any atom is 0.313 e. The largest absolute Gasteiger partial charge is 0.481 e.